The minimum Gasteiger partial charge on any atom is -0.369 e. The summed E-state index contributed by atoms with van der Waals surface area (Å²) >= 11 is 0. The molecule has 1 fully saturated rings. The Labute approximate surface area is 105 Å². The van der Waals surface area contributed by atoms with Gasteiger partial charge in [0.1, 0.15) is 0 Å². The average Bonchev–Trinajstić information content (AvgIpc) is 2.43. The van der Waals surface area contributed by atoms with Gasteiger partial charge in [-0.2, -0.15) is 0 Å². The third-order valence-corrected chi connectivity index (χ3v) is 3.67. The van der Waals surface area contributed by atoms with Crippen LogP contribution in [0.5, 0.6) is 0 Å². The van der Waals surface area contributed by atoms with Crippen molar-refractivity contribution in [2.45, 2.75) is 72.0 Å². The Hall–Kier alpha value is -0.630. The number of allylic oxidation sites excluding steroid dienone is 2. The van der Waals surface area contributed by atoms with Crippen LogP contribution in [0.4, 0.5) is 0 Å². The van der Waals surface area contributed by atoms with Gasteiger partial charge in [0.25, 0.3) is 0 Å². The smallest absolute Gasteiger partial charge is 0.161 e. The average molecular weight is 238 g/mol. The molecule has 0 amide bonds. The first kappa shape index (κ1) is 14.4. The predicted octanol–water partition coefficient (Wildman–Crippen LogP) is 3.90. The fourth-order valence-corrected chi connectivity index (χ4v) is 2.76. The van der Waals surface area contributed by atoms with Crippen molar-refractivity contribution in [1.82, 2.24) is 0 Å². The lowest BCUT2D eigenvalue weighted by Gasteiger charge is -2.26. The van der Waals surface area contributed by atoms with Crippen LogP contribution in [0.3, 0.4) is 0 Å². The summed E-state index contributed by atoms with van der Waals surface area (Å²) in [5, 5.41) is 0. The first-order chi connectivity index (χ1) is 7.72. The van der Waals surface area contributed by atoms with Crippen molar-refractivity contribution in [3.05, 3.63) is 11.6 Å². The largest absolute Gasteiger partial charge is 0.369 e. The van der Waals surface area contributed by atoms with Crippen LogP contribution in [-0.2, 0) is 9.53 Å². The maximum absolute atomic E-state index is 12.3. The molecular weight excluding hydrogens is 212 g/mol. The van der Waals surface area contributed by atoms with Gasteiger partial charge < -0.3 is 4.74 Å². The zero-order valence-electron chi connectivity index (χ0n) is 12.1. The highest BCUT2D eigenvalue weighted by Gasteiger charge is 2.48. The number of hydrogen-bond donors (Lipinski definition) is 0. The van der Waals surface area contributed by atoms with Crippen LogP contribution in [0, 0.1) is 5.92 Å². The minimum absolute atomic E-state index is 0.00870. The fraction of sp³-hybridized carbons (Fsp3) is 0.800. The monoisotopic (exact) mass is 238 g/mol. The Kier molecular flexibility index (Phi) is 4.19. The van der Waals surface area contributed by atoms with E-state index in [0.29, 0.717) is 0 Å². The van der Waals surface area contributed by atoms with Crippen LogP contribution in [0.15, 0.2) is 11.6 Å². The summed E-state index contributed by atoms with van der Waals surface area (Å²) in [6, 6.07) is 0. The van der Waals surface area contributed by atoms with E-state index < -0.39 is 0 Å². The maximum atomic E-state index is 12.3. The minimum atomic E-state index is -0.344. The van der Waals surface area contributed by atoms with Crippen molar-refractivity contribution in [1.29, 1.82) is 0 Å². The van der Waals surface area contributed by atoms with E-state index in [9.17, 15) is 4.79 Å². The summed E-state index contributed by atoms with van der Waals surface area (Å²) in [5.74, 6) is 0.227. The Bertz CT molecular complexity index is 318. The fourth-order valence-electron chi connectivity index (χ4n) is 2.76. The molecular formula is C15H26O2. The molecule has 0 spiro atoms. The van der Waals surface area contributed by atoms with Crippen molar-refractivity contribution in [3.63, 3.8) is 0 Å². The normalized spacial score (nSPS) is 25.6. The van der Waals surface area contributed by atoms with E-state index in [1.54, 1.807) is 0 Å². The molecule has 17 heavy (non-hydrogen) atoms. The van der Waals surface area contributed by atoms with Crippen molar-refractivity contribution in [2.24, 2.45) is 5.92 Å². The topological polar surface area (TPSA) is 26.3 Å². The van der Waals surface area contributed by atoms with Crippen LogP contribution in [0.2, 0.25) is 0 Å². The maximum Gasteiger partial charge on any atom is 0.161 e. The summed E-state index contributed by atoms with van der Waals surface area (Å²) in [4.78, 5) is 12.3. The molecule has 0 aromatic rings. The predicted molar refractivity (Wildman–Crippen MR) is 71.0 cm³/mol. The number of rotatable bonds is 4. The molecule has 1 atom stereocenters. The van der Waals surface area contributed by atoms with Gasteiger partial charge in [-0.1, -0.05) is 19.4 Å². The van der Waals surface area contributed by atoms with E-state index in [0.717, 1.165) is 19.3 Å². The molecule has 0 aromatic heterocycles. The lowest BCUT2D eigenvalue weighted by molar-refractivity contribution is -0.124. The van der Waals surface area contributed by atoms with Gasteiger partial charge in [0.05, 0.1) is 17.1 Å². The molecule has 1 aliphatic rings. The van der Waals surface area contributed by atoms with Gasteiger partial charge in [-0.05, 0) is 53.0 Å². The Balaban J connectivity index is 2.87. The highest BCUT2D eigenvalue weighted by Crippen LogP contribution is 2.42. The number of carbonyl (C=O) groups excluding carboxylic acids is 1. The van der Waals surface area contributed by atoms with Gasteiger partial charge in [0.15, 0.2) is 5.78 Å². The van der Waals surface area contributed by atoms with Gasteiger partial charge in [-0.15, -0.1) is 0 Å². The summed E-state index contributed by atoms with van der Waals surface area (Å²) < 4.78 is 5.97. The van der Waals surface area contributed by atoms with Crippen LogP contribution >= 0.6 is 0 Å². The number of carbonyl (C=O) groups is 1. The number of ether oxygens (including phenoxy) is 1. The standard InChI is InChI=1S/C15H26O2/c1-7-11(8-2)9-13(16)12-10-14(3,4)17-15(12,5)6/h9,12H,7-8,10H2,1-6H3. The van der Waals surface area contributed by atoms with Crippen LogP contribution in [0.25, 0.3) is 0 Å². The summed E-state index contributed by atoms with van der Waals surface area (Å²) in [7, 11) is 0. The lowest BCUT2D eigenvalue weighted by atomic mass is 9.83. The van der Waals surface area contributed by atoms with Gasteiger partial charge in [0, 0.05) is 0 Å². The quantitative estimate of drug-likeness (QED) is 0.694. The molecule has 0 aromatic carbocycles. The van der Waals surface area contributed by atoms with Crippen molar-refractivity contribution < 1.29 is 9.53 Å². The van der Waals surface area contributed by atoms with Gasteiger partial charge in [-0.3, -0.25) is 4.79 Å². The number of hydrogen-bond acceptors (Lipinski definition) is 2. The van der Waals surface area contributed by atoms with E-state index >= 15 is 0 Å². The molecule has 0 radical (unpaired) electrons. The molecule has 0 bridgehead atoms. The molecule has 2 heteroatoms. The highest BCUT2D eigenvalue weighted by atomic mass is 16.5. The summed E-state index contributed by atoms with van der Waals surface area (Å²) in [6.07, 6.45) is 4.58. The number of ketones is 1. The van der Waals surface area contributed by atoms with Crippen LogP contribution in [0.1, 0.15) is 60.8 Å². The first-order valence-electron chi connectivity index (χ1n) is 6.65. The van der Waals surface area contributed by atoms with E-state index in [4.69, 9.17) is 4.74 Å². The zero-order chi connectivity index (χ0) is 13.3. The molecule has 0 saturated carbocycles. The van der Waals surface area contributed by atoms with Gasteiger partial charge in [0.2, 0.25) is 0 Å². The van der Waals surface area contributed by atoms with Crippen molar-refractivity contribution in [2.75, 3.05) is 0 Å². The second-order valence-corrected chi connectivity index (χ2v) is 6.13. The summed E-state index contributed by atoms with van der Waals surface area (Å²) in [5.41, 5.74) is 0.704. The SMILES string of the molecule is CCC(=CC(=O)C1CC(C)(C)OC1(C)C)CC. The molecule has 1 saturated heterocycles. The van der Waals surface area contributed by atoms with E-state index in [-0.39, 0.29) is 22.9 Å². The van der Waals surface area contributed by atoms with Crippen LogP contribution < -0.4 is 0 Å². The lowest BCUT2D eigenvalue weighted by Crippen LogP contribution is -2.33. The Morgan fingerprint density at radius 1 is 1.24 bits per heavy atom. The molecule has 1 aliphatic heterocycles. The molecule has 2 nitrogen and oxygen atoms in total. The van der Waals surface area contributed by atoms with Gasteiger partial charge in [-0.25, -0.2) is 0 Å². The zero-order valence-corrected chi connectivity index (χ0v) is 12.1. The molecule has 1 heterocycles. The van der Waals surface area contributed by atoms with E-state index in [1.807, 2.05) is 19.9 Å². The third-order valence-electron chi connectivity index (χ3n) is 3.67. The second kappa shape index (κ2) is 4.93. The molecule has 98 valence electrons. The van der Waals surface area contributed by atoms with E-state index in [2.05, 4.69) is 27.7 Å². The van der Waals surface area contributed by atoms with Crippen LogP contribution in [-0.4, -0.2) is 17.0 Å². The van der Waals surface area contributed by atoms with Crippen molar-refractivity contribution >= 4 is 5.78 Å². The van der Waals surface area contributed by atoms with Gasteiger partial charge >= 0.3 is 0 Å². The first-order valence-corrected chi connectivity index (χ1v) is 6.65. The molecule has 0 N–H and O–H groups in total. The van der Waals surface area contributed by atoms with E-state index in [1.165, 1.54) is 5.57 Å². The molecule has 1 rings (SSSR count). The second-order valence-electron chi connectivity index (χ2n) is 6.13. The Morgan fingerprint density at radius 3 is 2.12 bits per heavy atom. The molecule has 0 aliphatic carbocycles. The Morgan fingerprint density at radius 2 is 1.76 bits per heavy atom. The molecule has 1 unspecified atom stereocenters. The highest BCUT2D eigenvalue weighted by molar-refractivity contribution is 5.93. The summed E-state index contributed by atoms with van der Waals surface area (Å²) in [6.45, 7) is 12.4. The third kappa shape index (κ3) is 3.41. The van der Waals surface area contributed by atoms with Crippen molar-refractivity contribution in [3.8, 4) is 0 Å².